The van der Waals surface area contributed by atoms with Crippen molar-refractivity contribution in [1.29, 1.82) is 0 Å². The molecular weight excluding hydrogens is 516 g/mol. The van der Waals surface area contributed by atoms with Gasteiger partial charge in [-0.1, -0.05) is 48.0 Å². The molecule has 0 bridgehead atoms. The third kappa shape index (κ3) is 5.09. The second kappa shape index (κ2) is 11.0. The lowest BCUT2D eigenvalue weighted by molar-refractivity contribution is -0.132. The van der Waals surface area contributed by atoms with Crippen molar-refractivity contribution in [2.24, 2.45) is 0 Å². The highest BCUT2D eigenvalue weighted by molar-refractivity contribution is 6.51. The minimum Gasteiger partial charge on any atom is -0.507 e. The van der Waals surface area contributed by atoms with Crippen LogP contribution in [-0.2, 0) is 16.2 Å². The number of rotatable bonds is 7. The van der Waals surface area contributed by atoms with Crippen LogP contribution in [0.1, 0.15) is 28.4 Å². The number of carbonyl (C=O) groups is 2. The van der Waals surface area contributed by atoms with Crippen molar-refractivity contribution in [3.8, 4) is 11.5 Å². The lowest BCUT2D eigenvalue weighted by Gasteiger charge is -2.25. The highest BCUT2D eigenvalue weighted by atomic mass is 35.5. The number of aryl methyl sites for hydroxylation is 1. The second-order valence-electron chi connectivity index (χ2n) is 9.02. The molecule has 1 amide bonds. The Balaban J connectivity index is 1.57. The molecule has 0 radical (unpaired) electrons. The molecule has 4 aromatic rings. The number of amides is 1. The van der Waals surface area contributed by atoms with Crippen molar-refractivity contribution in [3.63, 3.8) is 0 Å². The zero-order valence-corrected chi connectivity index (χ0v) is 22.1. The van der Waals surface area contributed by atoms with Crippen molar-refractivity contribution >= 4 is 34.7 Å². The fourth-order valence-corrected chi connectivity index (χ4v) is 4.97. The zero-order chi connectivity index (χ0) is 27.5. The van der Waals surface area contributed by atoms with Gasteiger partial charge in [0, 0.05) is 11.9 Å². The third-order valence-electron chi connectivity index (χ3n) is 6.42. The maximum Gasteiger partial charge on any atom is 0.300 e. The average Bonchev–Trinajstić information content (AvgIpc) is 3.22. The first-order valence-electron chi connectivity index (χ1n) is 12.2. The zero-order valence-electron chi connectivity index (χ0n) is 21.3. The van der Waals surface area contributed by atoms with E-state index in [0.29, 0.717) is 23.7 Å². The number of methoxy groups -OCH3 is 1. The monoisotopic (exact) mass is 540 g/mol. The summed E-state index contributed by atoms with van der Waals surface area (Å²) in [6.45, 7) is 2.19. The van der Waals surface area contributed by atoms with Crippen LogP contribution in [0, 0.1) is 6.92 Å². The summed E-state index contributed by atoms with van der Waals surface area (Å²) in [6, 6.07) is 24.2. The molecule has 1 aliphatic heterocycles. The topological polar surface area (TPSA) is 89.0 Å². The molecule has 1 unspecified atom stereocenters. The van der Waals surface area contributed by atoms with Crippen LogP contribution >= 0.6 is 11.6 Å². The molecule has 1 aromatic heterocycles. The Kier molecular flexibility index (Phi) is 7.34. The van der Waals surface area contributed by atoms with Crippen LogP contribution in [0.25, 0.3) is 5.76 Å². The van der Waals surface area contributed by atoms with Crippen LogP contribution in [0.2, 0.25) is 5.02 Å². The summed E-state index contributed by atoms with van der Waals surface area (Å²) < 4.78 is 11.3. The van der Waals surface area contributed by atoms with Gasteiger partial charge in [-0.25, -0.2) is 0 Å². The van der Waals surface area contributed by atoms with Crippen LogP contribution in [0.4, 0.5) is 5.69 Å². The van der Waals surface area contributed by atoms with Crippen LogP contribution in [0.15, 0.2) is 96.7 Å². The average molecular weight is 541 g/mol. The van der Waals surface area contributed by atoms with Gasteiger partial charge >= 0.3 is 0 Å². The van der Waals surface area contributed by atoms with Gasteiger partial charge in [0.05, 0.1) is 29.0 Å². The third-order valence-corrected chi connectivity index (χ3v) is 6.70. The van der Waals surface area contributed by atoms with E-state index in [2.05, 4.69) is 4.98 Å². The lowest BCUT2D eigenvalue weighted by atomic mass is 9.97. The lowest BCUT2D eigenvalue weighted by Crippen LogP contribution is -2.29. The number of ether oxygens (including phenoxy) is 2. The molecule has 3 aromatic carbocycles. The van der Waals surface area contributed by atoms with Gasteiger partial charge in [-0.2, -0.15) is 0 Å². The molecule has 0 spiro atoms. The molecule has 1 aliphatic rings. The quantitative estimate of drug-likeness (QED) is 0.169. The van der Waals surface area contributed by atoms with E-state index in [1.807, 2.05) is 30.3 Å². The van der Waals surface area contributed by atoms with Gasteiger partial charge in [0.25, 0.3) is 11.7 Å². The van der Waals surface area contributed by atoms with E-state index < -0.39 is 23.5 Å². The van der Waals surface area contributed by atoms with Crippen LogP contribution in [-0.4, -0.2) is 28.9 Å². The van der Waals surface area contributed by atoms with E-state index in [1.54, 1.807) is 67.7 Å². The number of halogens is 1. The SMILES string of the molecule is COc1c(Cl)cc(C)cc1/C(O)=C1\C(=O)C(=O)N(c2ccc(OCc3ccccc3)cc2)C1c1ccccn1. The Morgan fingerprint density at radius 3 is 2.38 bits per heavy atom. The van der Waals surface area contributed by atoms with E-state index in [1.165, 1.54) is 12.0 Å². The highest BCUT2D eigenvalue weighted by Crippen LogP contribution is 2.44. The van der Waals surface area contributed by atoms with E-state index >= 15 is 0 Å². The summed E-state index contributed by atoms with van der Waals surface area (Å²) in [4.78, 5) is 32.6. The van der Waals surface area contributed by atoms with Crippen LogP contribution in [0.3, 0.4) is 0 Å². The minimum absolute atomic E-state index is 0.108. The molecule has 1 atom stereocenters. The van der Waals surface area contributed by atoms with Gasteiger partial charge in [0.1, 0.15) is 29.9 Å². The van der Waals surface area contributed by atoms with Gasteiger partial charge in [0.2, 0.25) is 0 Å². The number of aromatic nitrogens is 1. The number of benzene rings is 3. The maximum absolute atomic E-state index is 13.4. The second-order valence-corrected chi connectivity index (χ2v) is 9.43. The standard InChI is InChI=1S/C31H25ClN2O5/c1-19-16-23(30(38-2)24(32)17-19)28(35)26-27(25-10-6-7-15-33-25)34(31(37)29(26)36)21-11-13-22(14-12-21)39-18-20-8-4-3-5-9-20/h3-17,27,35H,18H2,1-2H3/b28-26+. The summed E-state index contributed by atoms with van der Waals surface area (Å²) in [5.74, 6) is -1.22. The van der Waals surface area contributed by atoms with E-state index in [-0.39, 0.29) is 21.9 Å². The van der Waals surface area contributed by atoms with Gasteiger partial charge in [-0.05, 0) is 66.6 Å². The first-order chi connectivity index (χ1) is 18.9. The number of pyridine rings is 1. The van der Waals surface area contributed by atoms with Gasteiger partial charge in [-0.3, -0.25) is 19.5 Å². The van der Waals surface area contributed by atoms with Crippen molar-refractivity contribution < 1.29 is 24.2 Å². The molecule has 1 fully saturated rings. The Bertz CT molecular complexity index is 1550. The Morgan fingerprint density at radius 2 is 1.72 bits per heavy atom. The molecular formula is C31H25ClN2O5. The minimum atomic E-state index is -0.980. The molecule has 196 valence electrons. The number of aliphatic hydroxyl groups excluding tert-OH is 1. The predicted octanol–water partition coefficient (Wildman–Crippen LogP) is 6.26. The van der Waals surface area contributed by atoms with Crippen LogP contribution < -0.4 is 14.4 Å². The number of hydrogen-bond acceptors (Lipinski definition) is 6. The number of Topliss-reactive ketones (excluding diaryl/α,β-unsaturated/α-hetero) is 1. The number of nitrogens with zero attached hydrogens (tertiary/aromatic N) is 2. The fraction of sp³-hybridized carbons (Fsp3) is 0.129. The summed E-state index contributed by atoms with van der Waals surface area (Å²) in [7, 11) is 1.42. The molecule has 1 N–H and O–H groups in total. The van der Waals surface area contributed by atoms with Gasteiger partial charge < -0.3 is 14.6 Å². The largest absolute Gasteiger partial charge is 0.507 e. The Hall–Kier alpha value is -4.62. The summed E-state index contributed by atoms with van der Waals surface area (Å²) >= 11 is 6.36. The summed E-state index contributed by atoms with van der Waals surface area (Å²) in [6.07, 6.45) is 1.57. The molecule has 39 heavy (non-hydrogen) atoms. The number of hydrogen-bond donors (Lipinski definition) is 1. The van der Waals surface area contributed by atoms with Crippen molar-refractivity contribution in [2.75, 3.05) is 12.0 Å². The number of carbonyl (C=O) groups excluding carboxylic acids is 2. The van der Waals surface area contributed by atoms with Crippen molar-refractivity contribution in [3.05, 3.63) is 124 Å². The molecule has 7 nitrogen and oxygen atoms in total. The fourth-order valence-electron chi connectivity index (χ4n) is 4.62. The van der Waals surface area contributed by atoms with Crippen LogP contribution in [0.5, 0.6) is 11.5 Å². The number of aliphatic hydroxyl groups is 1. The predicted molar refractivity (Wildman–Crippen MR) is 149 cm³/mol. The smallest absolute Gasteiger partial charge is 0.300 e. The first kappa shape index (κ1) is 26.0. The highest BCUT2D eigenvalue weighted by Gasteiger charge is 2.48. The van der Waals surface area contributed by atoms with E-state index in [4.69, 9.17) is 21.1 Å². The van der Waals surface area contributed by atoms with E-state index in [9.17, 15) is 14.7 Å². The summed E-state index contributed by atoms with van der Waals surface area (Å²) in [5, 5.41) is 11.8. The Morgan fingerprint density at radius 1 is 1.00 bits per heavy atom. The van der Waals surface area contributed by atoms with Gasteiger partial charge in [-0.15, -0.1) is 0 Å². The van der Waals surface area contributed by atoms with Gasteiger partial charge in [0.15, 0.2) is 0 Å². The van der Waals surface area contributed by atoms with Crippen molar-refractivity contribution in [2.45, 2.75) is 19.6 Å². The molecule has 1 saturated heterocycles. The van der Waals surface area contributed by atoms with Crippen molar-refractivity contribution in [1.82, 2.24) is 4.98 Å². The molecule has 8 heteroatoms. The number of ketones is 1. The molecule has 0 saturated carbocycles. The first-order valence-corrected chi connectivity index (χ1v) is 12.6. The molecule has 0 aliphatic carbocycles. The molecule has 2 heterocycles. The number of anilines is 1. The Labute approximate surface area is 230 Å². The normalized spacial score (nSPS) is 16.4. The summed E-state index contributed by atoms with van der Waals surface area (Å²) in [5.41, 5.74) is 2.74. The maximum atomic E-state index is 13.4. The van der Waals surface area contributed by atoms with E-state index in [0.717, 1.165) is 11.1 Å². The molecule has 5 rings (SSSR count).